The molecule has 6 nitrogen and oxygen atoms in total. The lowest BCUT2D eigenvalue weighted by atomic mass is 9.65. The van der Waals surface area contributed by atoms with E-state index in [1.165, 1.54) is 25.0 Å². The summed E-state index contributed by atoms with van der Waals surface area (Å²) in [6.07, 6.45) is 17.2. The van der Waals surface area contributed by atoms with Crippen LogP contribution >= 0.6 is 0 Å². The highest BCUT2D eigenvalue weighted by Gasteiger charge is 2.38. The van der Waals surface area contributed by atoms with E-state index in [0.29, 0.717) is 34.9 Å². The van der Waals surface area contributed by atoms with Crippen molar-refractivity contribution in [3.63, 3.8) is 0 Å². The van der Waals surface area contributed by atoms with E-state index in [1.807, 2.05) is 19.9 Å². The molecular formula is C33H48F2N4O2. The Morgan fingerprint density at radius 1 is 1.12 bits per heavy atom. The molecule has 3 aliphatic rings. The summed E-state index contributed by atoms with van der Waals surface area (Å²) in [7, 11) is 0. The third kappa shape index (κ3) is 11.6. The van der Waals surface area contributed by atoms with Crippen molar-refractivity contribution < 1.29 is 18.7 Å². The molecule has 41 heavy (non-hydrogen) atoms. The van der Waals surface area contributed by atoms with Crippen molar-refractivity contribution >= 4 is 18.0 Å². The molecule has 2 heterocycles. The van der Waals surface area contributed by atoms with E-state index >= 15 is 0 Å². The van der Waals surface area contributed by atoms with Gasteiger partial charge in [0.15, 0.2) is 0 Å². The fourth-order valence-corrected chi connectivity index (χ4v) is 5.69. The van der Waals surface area contributed by atoms with E-state index in [4.69, 9.17) is 10.1 Å². The minimum Gasteiger partial charge on any atom is -0.481 e. The second-order valence-corrected chi connectivity index (χ2v) is 11.1. The lowest BCUT2D eigenvalue weighted by Gasteiger charge is -2.46. The monoisotopic (exact) mass is 570 g/mol. The first-order chi connectivity index (χ1) is 19.5. The molecule has 1 aliphatic carbocycles. The number of nitrogens with one attached hydrogen (secondary N) is 1. The maximum Gasteiger partial charge on any atom is 0.303 e. The number of rotatable bonds is 10. The second kappa shape index (κ2) is 16.8. The summed E-state index contributed by atoms with van der Waals surface area (Å²) < 4.78 is 26.5. The average Bonchev–Trinajstić information content (AvgIpc) is 3.18. The molecule has 1 spiro atoms. The Balaban J connectivity index is 0.00000287. The van der Waals surface area contributed by atoms with Crippen LogP contribution in [-0.2, 0) is 4.79 Å². The van der Waals surface area contributed by atoms with Gasteiger partial charge in [-0.1, -0.05) is 33.1 Å². The van der Waals surface area contributed by atoms with Crippen molar-refractivity contribution in [3.8, 4) is 0 Å². The first-order valence-corrected chi connectivity index (χ1v) is 14.8. The van der Waals surface area contributed by atoms with Crippen LogP contribution in [0.2, 0.25) is 0 Å². The Bertz CT molecular complexity index is 1110. The van der Waals surface area contributed by atoms with Gasteiger partial charge in [0.1, 0.15) is 23.3 Å². The van der Waals surface area contributed by atoms with E-state index in [-0.39, 0.29) is 13.0 Å². The number of hydrogen-bond acceptors (Lipinski definition) is 4. The Kier molecular flexibility index (Phi) is 13.9. The summed E-state index contributed by atoms with van der Waals surface area (Å²) >= 11 is 0. The van der Waals surface area contributed by atoms with Crippen LogP contribution in [0.5, 0.6) is 0 Å². The van der Waals surface area contributed by atoms with Crippen molar-refractivity contribution in [2.45, 2.75) is 85.5 Å². The standard InChI is InChI=1S/C31H42F2N4O2.C2H6/c1-22(18-23(2)32)20-35-30(36-25(4)19-24(3)33)27-6-5-7-28(34-21-27)37-16-14-31(15-17-37)12-10-26(11-13-31)8-9-29(38)39;1-2/h6-7,18-19,21,26H,2-3,5,8-17,20H2,1,4H3,(H,35,36)(H,38,39);1-2H3/b22-18+,25-19+;. The number of carboxylic acid groups (broad SMARTS) is 1. The highest BCUT2D eigenvalue weighted by molar-refractivity contribution is 6.15. The summed E-state index contributed by atoms with van der Waals surface area (Å²) in [5, 5.41) is 12.1. The molecule has 2 fully saturated rings. The molecule has 0 amide bonds. The molecule has 0 aromatic rings. The fraction of sp³-hybridized carbons (Fsp3) is 0.545. The summed E-state index contributed by atoms with van der Waals surface area (Å²) in [5.41, 5.74) is 2.40. The van der Waals surface area contributed by atoms with E-state index in [0.717, 1.165) is 56.6 Å². The van der Waals surface area contributed by atoms with Gasteiger partial charge in [-0.3, -0.25) is 9.79 Å². The molecule has 8 heteroatoms. The number of halogens is 2. The van der Waals surface area contributed by atoms with Gasteiger partial charge >= 0.3 is 5.97 Å². The van der Waals surface area contributed by atoms with Crippen molar-refractivity contribution in [2.24, 2.45) is 21.3 Å². The fourth-order valence-electron chi connectivity index (χ4n) is 5.69. The Hall–Kier alpha value is -3.29. The van der Waals surface area contributed by atoms with Gasteiger partial charge < -0.3 is 15.3 Å². The number of allylic oxidation sites excluding steroid dienone is 7. The van der Waals surface area contributed by atoms with Gasteiger partial charge in [0.25, 0.3) is 0 Å². The Morgan fingerprint density at radius 2 is 1.76 bits per heavy atom. The number of amidine groups is 1. The molecule has 2 aliphatic heterocycles. The van der Waals surface area contributed by atoms with Crippen LogP contribution in [0.4, 0.5) is 8.78 Å². The quantitative estimate of drug-likeness (QED) is 0.158. The van der Waals surface area contributed by atoms with Gasteiger partial charge in [0.05, 0.1) is 6.54 Å². The predicted octanol–water partition coefficient (Wildman–Crippen LogP) is 8.20. The van der Waals surface area contributed by atoms with Gasteiger partial charge in [-0.05, 0) is 100 Å². The van der Waals surface area contributed by atoms with Gasteiger partial charge in [-0.25, -0.2) is 13.8 Å². The SMILES string of the molecule is C=C(F)/C=C(\C)CN=C(N/C(C)=C/C(=C)F)C1=CCC=C(N2CCC3(CCC(CCC(=O)O)CC3)CC2)N=C1.CC. The molecule has 0 radical (unpaired) electrons. The normalized spacial score (nSPS) is 20.0. The summed E-state index contributed by atoms with van der Waals surface area (Å²) in [6.45, 7) is 16.2. The van der Waals surface area contributed by atoms with Gasteiger partial charge in [0.2, 0.25) is 0 Å². The van der Waals surface area contributed by atoms with E-state index in [2.05, 4.69) is 34.4 Å². The topological polar surface area (TPSA) is 77.3 Å². The van der Waals surface area contributed by atoms with E-state index < -0.39 is 17.6 Å². The van der Waals surface area contributed by atoms with E-state index in [9.17, 15) is 13.6 Å². The number of aliphatic carboxylic acids is 1. The van der Waals surface area contributed by atoms with Crippen LogP contribution in [0.3, 0.4) is 0 Å². The summed E-state index contributed by atoms with van der Waals surface area (Å²) in [4.78, 5) is 22.7. The molecule has 0 atom stereocenters. The highest BCUT2D eigenvalue weighted by atomic mass is 19.1. The lowest BCUT2D eigenvalue weighted by molar-refractivity contribution is -0.137. The second-order valence-electron chi connectivity index (χ2n) is 11.1. The molecule has 1 saturated heterocycles. The zero-order valence-corrected chi connectivity index (χ0v) is 25.3. The smallest absolute Gasteiger partial charge is 0.303 e. The maximum absolute atomic E-state index is 13.4. The molecule has 0 aromatic heterocycles. The Labute approximate surface area is 245 Å². The number of carboxylic acids is 1. The highest BCUT2D eigenvalue weighted by Crippen LogP contribution is 2.47. The van der Waals surface area contributed by atoms with Crippen LogP contribution in [0, 0.1) is 11.3 Å². The third-order valence-corrected chi connectivity index (χ3v) is 7.91. The molecule has 1 saturated carbocycles. The Morgan fingerprint density at radius 3 is 2.34 bits per heavy atom. The number of likely N-dealkylation sites (tertiary alicyclic amines) is 1. The molecule has 0 aromatic carbocycles. The molecule has 0 bridgehead atoms. The summed E-state index contributed by atoms with van der Waals surface area (Å²) in [5.74, 6) is 0.232. The van der Waals surface area contributed by atoms with Crippen LogP contribution in [0.1, 0.15) is 85.5 Å². The van der Waals surface area contributed by atoms with Crippen LogP contribution in [0.15, 0.2) is 81.8 Å². The molecular weight excluding hydrogens is 522 g/mol. The minimum atomic E-state index is -0.694. The maximum atomic E-state index is 13.4. The van der Waals surface area contributed by atoms with E-state index in [1.54, 1.807) is 20.1 Å². The first-order valence-electron chi connectivity index (χ1n) is 14.8. The molecule has 0 unspecified atom stereocenters. The third-order valence-electron chi connectivity index (χ3n) is 7.91. The zero-order valence-electron chi connectivity index (χ0n) is 25.3. The number of nitrogens with zero attached hydrogens (tertiary/aromatic N) is 3. The van der Waals surface area contributed by atoms with Gasteiger partial charge in [0, 0.05) is 37.0 Å². The predicted molar refractivity (Wildman–Crippen MR) is 166 cm³/mol. The molecule has 226 valence electrons. The van der Waals surface area contributed by atoms with Crippen LogP contribution in [-0.4, -0.2) is 47.7 Å². The first kappa shape index (κ1) is 33.9. The molecule has 3 rings (SSSR count). The minimum absolute atomic E-state index is 0.256. The van der Waals surface area contributed by atoms with Gasteiger partial charge in [-0.2, -0.15) is 0 Å². The van der Waals surface area contributed by atoms with Crippen molar-refractivity contribution in [1.29, 1.82) is 0 Å². The van der Waals surface area contributed by atoms with Crippen LogP contribution < -0.4 is 5.32 Å². The van der Waals surface area contributed by atoms with Crippen molar-refractivity contribution in [2.75, 3.05) is 19.6 Å². The lowest BCUT2D eigenvalue weighted by Crippen LogP contribution is -2.41. The van der Waals surface area contributed by atoms with Gasteiger partial charge in [-0.15, -0.1) is 0 Å². The average molecular weight is 571 g/mol. The largest absolute Gasteiger partial charge is 0.481 e. The number of aliphatic imine (C=N–C) groups is 2. The number of piperidine rings is 1. The van der Waals surface area contributed by atoms with Crippen LogP contribution in [0.25, 0.3) is 0 Å². The number of carbonyl (C=O) groups is 1. The number of hydrogen-bond donors (Lipinski definition) is 2. The van der Waals surface area contributed by atoms with Crippen molar-refractivity contribution in [3.05, 3.63) is 71.8 Å². The zero-order chi connectivity index (χ0) is 30.4. The molecule has 2 N–H and O–H groups in total. The van der Waals surface area contributed by atoms with Crippen molar-refractivity contribution in [1.82, 2.24) is 10.2 Å². The summed E-state index contributed by atoms with van der Waals surface area (Å²) in [6, 6.07) is 0.